The summed E-state index contributed by atoms with van der Waals surface area (Å²) in [6, 6.07) is 1.53. The number of aromatic nitrogens is 1. The third-order valence-electron chi connectivity index (χ3n) is 3.37. The van der Waals surface area contributed by atoms with Crippen molar-refractivity contribution >= 4 is 11.8 Å². The molecule has 2 amide bonds. The highest BCUT2D eigenvalue weighted by atomic mass is 16.5. The number of ether oxygens (including phenoxy) is 2. The number of hydrogen-bond donors (Lipinski definition) is 2. The van der Waals surface area contributed by atoms with Crippen LogP contribution in [-0.2, 0) is 9.47 Å². The fraction of sp³-hybridized carbons (Fsp3) is 0.533. The number of pyridine rings is 1. The van der Waals surface area contributed by atoms with E-state index in [2.05, 4.69) is 15.6 Å². The van der Waals surface area contributed by atoms with Crippen LogP contribution in [0.4, 0.5) is 0 Å². The van der Waals surface area contributed by atoms with E-state index in [1.807, 2.05) is 0 Å². The minimum Gasteiger partial charge on any atom is -0.383 e. The van der Waals surface area contributed by atoms with Crippen LogP contribution in [0.5, 0.6) is 0 Å². The molecular formula is C15H21N3O4. The lowest BCUT2D eigenvalue weighted by Gasteiger charge is -2.11. The molecule has 1 aliphatic heterocycles. The Morgan fingerprint density at radius 1 is 1.32 bits per heavy atom. The zero-order valence-corrected chi connectivity index (χ0v) is 12.6. The molecule has 2 rings (SSSR count). The molecule has 0 aliphatic carbocycles. The predicted molar refractivity (Wildman–Crippen MR) is 79.8 cm³/mol. The van der Waals surface area contributed by atoms with E-state index in [0.29, 0.717) is 30.8 Å². The molecule has 0 spiro atoms. The predicted octanol–water partition coefficient (Wildman–Crippen LogP) is 0.367. The number of hydrogen-bond acceptors (Lipinski definition) is 5. The molecule has 1 saturated heterocycles. The first-order valence-corrected chi connectivity index (χ1v) is 7.32. The Labute approximate surface area is 129 Å². The number of amides is 2. The highest BCUT2D eigenvalue weighted by Gasteiger charge is 2.17. The largest absolute Gasteiger partial charge is 0.383 e. The third kappa shape index (κ3) is 4.78. The maximum atomic E-state index is 12.1. The van der Waals surface area contributed by atoms with Gasteiger partial charge in [-0.2, -0.15) is 0 Å². The van der Waals surface area contributed by atoms with E-state index >= 15 is 0 Å². The van der Waals surface area contributed by atoms with Crippen LogP contribution in [0, 0.1) is 0 Å². The molecule has 2 heterocycles. The number of nitrogens with zero attached hydrogens (tertiary/aromatic N) is 1. The minimum atomic E-state index is -0.279. The van der Waals surface area contributed by atoms with Gasteiger partial charge in [0, 0.05) is 39.2 Å². The van der Waals surface area contributed by atoms with Gasteiger partial charge in [-0.25, -0.2) is 0 Å². The van der Waals surface area contributed by atoms with Crippen molar-refractivity contribution in [1.29, 1.82) is 0 Å². The number of carbonyl (C=O) groups is 2. The number of nitrogens with one attached hydrogen (secondary N) is 2. The van der Waals surface area contributed by atoms with Crippen molar-refractivity contribution < 1.29 is 19.1 Å². The van der Waals surface area contributed by atoms with E-state index < -0.39 is 0 Å². The molecular weight excluding hydrogens is 286 g/mol. The summed E-state index contributed by atoms with van der Waals surface area (Å²) >= 11 is 0. The Morgan fingerprint density at radius 2 is 2.05 bits per heavy atom. The summed E-state index contributed by atoms with van der Waals surface area (Å²) < 4.78 is 10.3. The van der Waals surface area contributed by atoms with Crippen LogP contribution in [0.1, 0.15) is 33.6 Å². The van der Waals surface area contributed by atoms with Crippen LogP contribution in [-0.4, -0.2) is 56.3 Å². The summed E-state index contributed by atoms with van der Waals surface area (Å²) in [5.74, 6) is -0.534. The molecule has 0 aromatic carbocycles. The van der Waals surface area contributed by atoms with Crippen molar-refractivity contribution in [3.8, 4) is 0 Å². The summed E-state index contributed by atoms with van der Waals surface area (Å²) in [4.78, 5) is 27.9. The molecule has 1 unspecified atom stereocenters. The van der Waals surface area contributed by atoms with Gasteiger partial charge in [0.05, 0.1) is 23.8 Å². The lowest BCUT2D eigenvalue weighted by Crippen LogP contribution is -2.32. The monoisotopic (exact) mass is 307 g/mol. The normalized spacial score (nSPS) is 17.2. The van der Waals surface area contributed by atoms with Crippen molar-refractivity contribution in [3.63, 3.8) is 0 Å². The van der Waals surface area contributed by atoms with Crippen molar-refractivity contribution in [1.82, 2.24) is 15.6 Å². The lowest BCUT2D eigenvalue weighted by atomic mass is 10.1. The molecule has 7 heteroatoms. The van der Waals surface area contributed by atoms with Gasteiger partial charge in [0.2, 0.25) is 0 Å². The lowest BCUT2D eigenvalue weighted by molar-refractivity contribution is 0.0857. The Balaban J connectivity index is 1.89. The topological polar surface area (TPSA) is 89.5 Å². The molecule has 120 valence electrons. The smallest absolute Gasteiger partial charge is 0.252 e. The van der Waals surface area contributed by atoms with Crippen LogP contribution in [0.2, 0.25) is 0 Å². The SMILES string of the molecule is COCCNC(=O)c1cncc(C(=O)NCC2CCCO2)c1. The first-order chi connectivity index (χ1) is 10.7. The fourth-order valence-electron chi connectivity index (χ4n) is 2.17. The molecule has 0 bridgehead atoms. The summed E-state index contributed by atoms with van der Waals surface area (Å²) in [6.07, 6.45) is 4.94. The van der Waals surface area contributed by atoms with Crippen molar-refractivity contribution in [2.45, 2.75) is 18.9 Å². The van der Waals surface area contributed by atoms with Gasteiger partial charge in [0.25, 0.3) is 11.8 Å². The van der Waals surface area contributed by atoms with Gasteiger partial charge in [-0.3, -0.25) is 14.6 Å². The number of methoxy groups -OCH3 is 1. The van der Waals surface area contributed by atoms with Gasteiger partial charge < -0.3 is 20.1 Å². The van der Waals surface area contributed by atoms with Crippen LogP contribution in [0.15, 0.2) is 18.5 Å². The Kier molecular flexibility index (Phi) is 6.29. The molecule has 1 aliphatic rings. The van der Waals surface area contributed by atoms with Crippen molar-refractivity contribution in [3.05, 3.63) is 29.6 Å². The third-order valence-corrected chi connectivity index (χ3v) is 3.37. The van der Waals surface area contributed by atoms with Crippen LogP contribution in [0.25, 0.3) is 0 Å². The molecule has 0 saturated carbocycles. The second-order valence-electron chi connectivity index (χ2n) is 5.06. The molecule has 7 nitrogen and oxygen atoms in total. The molecule has 22 heavy (non-hydrogen) atoms. The van der Waals surface area contributed by atoms with Gasteiger partial charge in [-0.05, 0) is 18.9 Å². The summed E-state index contributed by atoms with van der Waals surface area (Å²) in [5, 5.41) is 5.49. The zero-order chi connectivity index (χ0) is 15.8. The van der Waals surface area contributed by atoms with Gasteiger partial charge >= 0.3 is 0 Å². The first kappa shape index (κ1) is 16.4. The molecule has 1 atom stereocenters. The molecule has 1 aromatic rings. The molecule has 1 fully saturated rings. The Bertz CT molecular complexity index is 515. The average Bonchev–Trinajstić information content (AvgIpc) is 3.06. The van der Waals surface area contributed by atoms with Gasteiger partial charge in [-0.15, -0.1) is 0 Å². The maximum Gasteiger partial charge on any atom is 0.252 e. The maximum absolute atomic E-state index is 12.1. The van der Waals surface area contributed by atoms with E-state index in [1.165, 1.54) is 18.5 Å². The van der Waals surface area contributed by atoms with Crippen LogP contribution in [0.3, 0.4) is 0 Å². The highest BCUT2D eigenvalue weighted by Crippen LogP contribution is 2.11. The van der Waals surface area contributed by atoms with Gasteiger partial charge in [0.15, 0.2) is 0 Å². The summed E-state index contributed by atoms with van der Waals surface area (Å²) in [5.41, 5.74) is 0.707. The Hall–Kier alpha value is -1.99. The van der Waals surface area contributed by atoms with E-state index in [4.69, 9.17) is 9.47 Å². The van der Waals surface area contributed by atoms with Crippen LogP contribution >= 0.6 is 0 Å². The summed E-state index contributed by atoms with van der Waals surface area (Å²) in [6.45, 7) is 2.06. The standard InChI is InChI=1S/C15H21N3O4/c1-21-6-4-17-14(19)11-7-12(9-16-8-11)15(20)18-10-13-3-2-5-22-13/h7-9,13H,2-6,10H2,1H3,(H,17,19)(H,18,20). The Morgan fingerprint density at radius 3 is 2.68 bits per heavy atom. The highest BCUT2D eigenvalue weighted by molar-refractivity contribution is 5.99. The zero-order valence-electron chi connectivity index (χ0n) is 12.6. The molecule has 1 aromatic heterocycles. The minimum absolute atomic E-state index is 0.0810. The fourth-order valence-corrected chi connectivity index (χ4v) is 2.17. The van der Waals surface area contributed by atoms with E-state index in [9.17, 15) is 9.59 Å². The van der Waals surface area contributed by atoms with Crippen molar-refractivity contribution in [2.24, 2.45) is 0 Å². The second-order valence-corrected chi connectivity index (χ2v) is 5.06. The van der Waals surface area contributed by atoms with E-state index in [-0.39, 0.29) is 17.9 Å². The van der Waals surface area contributed by atoms with Gasteiger partial charge in [0.1, 0.15) is 0 Å². The van der Waals surface area contributed by atoms with Crippen LogP contribution < -0.4 is 10.6 Å². The van der Waals surface area contributed by atoms with E-state index in [0.717, 1.165) is 19.4 Å². The van der Waals surface area contributed by atoms with Crippen molar-refractivity contribution in [2.75, 3.05) is 33.4 Å². The second kappa shape index (κ2) is 8.45. The quantitative estimate of drug-likeness (QED) is 0.710. The van der Waals surface area contributed by atoms with E-state index in [1.54, 1.807) is 7.11 Å². The number of carbonyl (C=O) groups excluding carboxylic acids is 2. The molecule has 0 radical (unpaired) electrons. The first-order valence-electron chi connectivity index (χ1n) is 7.32. The van der Waals surface area contributed by atoms with Gasteiger partial charge in [-0.1, -0.05) is 0 Å². The average molecular weight is 307 g/mol. The molecule has 2 N–H and O–H groups in total. The number of rotatable bonds is 7. The summed E-state index contributed by atoms with van der Waals surface area (Å²) in [7, 11) is 1.56.